The highest BCUT2D eigenvalue weighted by Crippen LogP contribution is 2.33. The second-order valence-corrected chi connectivity index (χ2v) is 7.11. The van der Waals surface area contributed by atoms with Crippen LogP contribution < -0.4 is 5.73 Å². The van der Waals surface area contributed by atoms with Gasteiger partial charge in [0.1, 0.15) is 15.9 Å². The third kappa shape index (κ3) is 3.79. The first-order chi connectivity index (χ1) is 12.6. The van der Waals surface area contributed by atoms with Crippen LogP contribution in [0.25, 0.3) is 5.57 Å². The molecule has 0 aliphatic carbocycles. The molecule has 26 heavy (non-hydrogen) atoms. The van der Waals surface area contributed by atoms with Crippen LogP contribution in [-0.2, 0) is 11.3 Å². The van der Waals surface area contributed by atoms with Gasteiger partial charge in [-0.1, -0.05) is 36.4 Å². The van der Waals surface area contributed by atoms with Gasteiger partial charge in [0.05, 0.1) is 12.2 Å². The van der Waals surface area contributed by atoms with E-state index in [2.05, 4.69) is 29.2 Å². The molecule has 5 nitrogen and oxygen atoms in total. The fourth-order valence-electron chi connectivity index (χ4n) is 3.11. The predicted molar refractivity (Wildman–Crippen MR) is 104 cm³/mol. The number of thiophene rings is 1. The van der Waals surface area contributed by atoms with Crippen LogP contribution in [0.1, 0.15) is 39.7 Å². The Morgan fingerprint density at radius 3 is 2.77 bits per heavy atom. The number of hydrogen-bond donors (Lipinski definition) is 1. The first kappa shape index (κ1) is 18.2. The molecule has 0 amide bonds. The quantitative estimate of drug-likeness (QED) is 0.816. The number of carbonyl (C=O) groups excluding carboxylic acids is 1. The van der Waals surface area contributed by atoms with Crippen molar-refractivity contribution in [3.63, 3.8) is 0 Å². The molecule has 6 heteroatoms. The van der Waals surface area contributed by atoms with Crippen molar-refractivity contribution in [2.75, 3.05) is 25.4 Å². The van der Waals surface area contributed by atoms with Crippen LogP contribution in [0.5, 0.6) is 0 Å². The first-order valence-electron chi connectivity index (χ1n) is 8.59. The molecule has 0 radical (unpaired) electrons. The monoisotopic (exact) mass is 367 g/mol. The number of nitrogens with two attached hydrogens (primary N) is 1. The van der Waals surface area contributed by atoms with Crippen molar-refractivity contribution < 1.29 is 9.53 Å². The highest BCUT2D eigenvalue weighted by atomic mass is 32.1. The molecule has 134 valence electrons. The third-order valence-electron chi connectivity index (χ3n) is 4.43. The van der Waals surface area contributed by atoms with Crippen molar-refractivity contribution >= 4 is 27.9 Å². The zero-order valence-corrected chi connectivity index (χ0v) is 15.5. The summed E-state index contributed by atoms with van der Waals surface area (Å²) in [6.45, 7) is 4.21. The molecule has 0 unspecified atom stereocenters. The van der Waals surface area contributed by atoms with E-state index in [1.807, 2.05) is 18.2 Å². The average Bonchev–Trinajstić information content (AvgIpc) is 2.98. The molecular formula is C20H21N3O2S. The summed E-state index contributed by atoms with van der Waals surface area (Å²) < 4.78 is 5.12. The maximum Gasteiger partial charge on any atom is 0.348 e. The minimum atomic E-state index is -0.404. The zero-order valence-electron chi connectivity index (χ0n) is 14.7. The molecule has 1 aromatic carbocycles. The molecule has 0 bridgehead atoms. The lowest BCUT2D eigenvalue weighted by Gasteiger charge is -2.26. The summed E-state index contributed by atoms with van der Waals surface area (Å²) in [6.07, 6.45) is 3.14. The minimum absolute atomic E-state index is 0.296. The molecule has 0 spiro atoms. The van der Waals surface area contributed by atoms with E-state index in [9.17, 15) is 10.1 Å². The summed E-state index contributed by atoms with van der Waals surface area (Å²) in [5.41, 5.74) is 9.61. The van der Waals surface area contributed by atoms with E-state index in [0.717, 1.165) is 30.8 Å². The third-order valence-corrected chi connectivity index (χ3v) is 5.47. The molecule has 1 aliphatic heterocycles. The molecule has 0 saturated carbocycles. The van der Waals surface area contributed by atoms with Gasteiger partial charge >= 0.3 is 5.97 Å². The van der Waals surface area contributed by atoms with Crippen molar-refractivity contribution in [1.29, 1.82) is 5.26 Å². The van der Waals surface area contributed by atoms with E-state index in [1.54, 1.807) is 6.92 Å². The number of nitrogen functional groups attached to an aromatic ring is 1. The molecule has 0 atom stereocenters. The standard InChI is InChI=1S/C20H21N3O2S/c1-2-25-20(24)18-17(16(12-21)19(22)26-18)13-23-10-8-15(9-11-23)14-6-4-3-5-7-14/h3-8H,2,9-11,13,22H2,1H3. The van der Waals surface area contributed by atoms with E-state index >= 15 is 0 Å². The summed E-state index contributed by atoms with van der Waals surface area (Å²) in [5, 5.41) is 9.82. The van der Waals surface area contributed by atoms with Gasteiger partial charge in [0, 0.05) is 25.2 Å². The van der Waals surface area contributed by atoms with Crippen molar-refractivity contribution in [1.82, 2.24) is 4.90 Å². The molecule has 2 heterocycles. The van der Waals surface area contributed by atoms with E-state index in [-0.39, 0.29) is 0 Å². The van der Waals surface area contributed by atoms with Crippen LogP contribution in [0.2, 0.25) is 0 Å². The van der Waals surface area contributed by atoms with Crippen molar-refractivity contribution in [2.24, 2.45) is 0 Å². The van der Waals surface area contributed by atoms with Crippen LogP contribution in [0.3, 0.4) is 0 Å². The number of esters is 1. The highest BCUT2D eigenvalue weighted by molar-refractivity contribution is 7.18. The van der Waals surface area contributed by atoms with Gasteiger partial charge in [0.15, 0.2) is 0 Å². The van der Waals surface area contributed by atoms with Crippen LogP contribution in [0.4, 0.5) is 5.00 Å². The summed E-state index contributed by atoms with van der Waals surface area (Å²) >= 11 is 1.14. The minimum Gasteiger partial charge on any atom is -0.462 e. The van der Waals surface area contributed by atoms with Gasteiger partial charge in [-0.2, -0.15) is 5.26 Å². The van der Waals surface area contributed by atoms with Crippen molar-refractivity contribution in [2.45, 2.75) is 19.9 Å². The number of benzene rings is 1. The number of hydrogen-bond acceptors (Lipinski definition) is 6. The van der Waals surface area contributed by atoms with Crippen LogP contribution in [0, 0.1) is 11.3 Å². The lowest BCUT2D eigenvalue weighted by atomic mass is 9.99. The number of anilines is 1. The molecule has 2 N–H and O–H groups in total. The van der Waals surface area contributed by atoms with Crippen LogP contribution in [-0.4, -0.2) is 30.6 Å². The number of ether oxygens (including phenoxy) is 1. The van der Waals surface area contributed by atoms with E-state index in [4.69, 9.17) is 10.5 Å². The van der Waals surface area contributed by atoms with E-state index < -0.39 is 5.97 Å². The van der Waals surface area contributed by atoms with E-state index in [0.29, 0.717) is 34.2 Å². The Labute approximate surface area is 157 Å². The Hall–Kier alpha value is -2.62. The summed E-state index contributed by atoms with van der Waals surface area (Å²) in [7, 11) is 0. The Morgan fingerprint density at radius 2 is 2.15 bits per heavy atom. The van der Waals surface area contributed by atoms with Gasteiger partial charge in [-0.15, -0.1) is 11.3 Å². The molecular weight excluding hydrogens is 346 g/mol. The SMILES string of the molecule is CCOC(=O)c1sc(N)c(C#N)c1CN1CC=C(c2ccccc2)CC1. The summed E-state index contributed by atoms with van der Waals surface area (Å²) in [4.78, 5) is 14.9. The van der Waals surface area contributed by atoms with Gasteiger partial charge in [-0.3, -0.25) is 4.90 Å². The second kappa shape index (κ2) is 8.17. The summed E-state index contributed by atoms with van der Waals surface area (Å²) in [6, 6.07) is 12.5. The molecule has 1 aliphatic rings. The Balaban J connectivity index is 1.79. The molecule has 0 fully saturated rings. The molecule has 1 aromatic heterocycles. The highest BCUT2D eigenvalue weighted by Gasteiger charge is 2.25. The van der Waals surface area contributed by atoms with Gasteiger partial charge in [-0.25, -0.2) is 4.79 Å². The number of nitrogens with zero attached hydrogens (tertiary/aromatic N) is 2. The number of nitriles is 1. The summed E-state index contributed by atoms with van der Waals surface area (Å²) in [5.74, 6) is -0.404. The lowest BCUT2D eigenvalue weighted by molar-refractivity contribution is 0.0530. The van der Waals surface area contributed by atoms with Crippen LogP contribution >= 0.6 is 11.3 Å². The topological polar surface area (TPSA) is 79.3 Å². The maximum absolute atomic E-state index is 12.2. The number of rotatable bonds is 5. The van der Waals surface area contributed by atoms with Crippen LogP contribution in [0.15, 0.2) is 36.4 Å². The van der Waals surface area contributed by atoms with Crippen molar-refractivity contribution in [3.05, 3.63) is 58.0 Å². The molecule has 2 aromatic rings. The van der Waals surface area contributed by atoms with Gasteiger partial charge in [0.2, 0.25) is 0 Å². The lowest BCUT2D eigenvalue weighted by Crippen LogP contribution is -2.29. The number of carbonyl (C=O) groups is 1. The predicted octanol–water partition coefficient (Wildman–Crippen LogP) is 3.67. The largest absolute Gasteiger partial charge is 0.462 e. The Bertz CT molecular complexity index is 865. The van der Waals surface area contributed by atoms with E-state index in [1.165, 1.54) is 11.1 Å². The fraction of sp³-hybridized carbons (Fsp3) is 0.300. The van der Waals surface area contributed by atoms with Crippen molar-refractivity contribution in [3.8, 4) is 6.07 Å². The zero-order chi connectivity index (χ0) is 18.5. The van der Waals surface area contributed by atoms with Gasteiger partial charge in [-0.05, 0) is 24.5 Å². The first-order valence-corrected chi connectivity index (χ1v) is 9.40. The average molecular weight is 367 g/mol. The smallest absolute Gasteiger partial charge is 0.348 e. The van der Waals surface area contributed by atoms with Gasteiger partial charge < -0.3 is 10.5 Å². The second-order valence-electron chi connectivity index (χ2n) is 6.06. The van der Waals surface area contributed by atoms with Gasteiger partial charge in [0.25, 0.3) is 0 Å². The maximum atomic E-state index is 12.2. The fourth-order valence-corrected chi connectivity index (χ4v) is 4.04. The Kier molecular flexibility index (Phi) is 5.71. The normalized spacial score (nSPS) is 14.5. The molecule has 0 saturated heterocycles. The molecule has 3 rings (SSSR count). The Morgan fingerprint density at radius 1 is 1.38 bits per heavy atom.